The van der Waals surface area contributed by atoms with Crippen LogP contribution in [0.3, 0.4) is 0 Å². The van der Waals surface area contributed by atoms with Crippen LogP contribution >= 0.6 is 0 Å². The number of urea groups is 1. The van der Waals surface area contributed by atoms with Gasteiger partial charge in [0.2, 0.25) is 0 Å². The topological polar surface area (TPSA) is 32.3 Å². The van der Waals surface area contributed by atoms with Gasteiger partial charge in [-0.1, -0.05) is 24.3 Å². The number of benzene rings is 1. The second kappa shape index (κ2) is 3.93. The molecule has 15 heavy (non-hydrogen) atoms. The molecule has 0 spiro atoms. The molecule has 0 aliphatic carbocycles. The van der Waals surface area contributed by atoms with Crippen molar-refractivity contribution in [1.82, 2.24) is 10.2 Å². The fourth-order valence-corrected chi connectivity index (χ4v) is 2.09. The number of nitrogens with zero attached hydrogens (tertiary/aromatic N) is 1. The summed E-state index contributed by atoms with van der Waals surface area (Å²) < 4.78 is 0. The SMILES string of the molecule is CNC(=O)N1Cc2ccccc2CC1C. The normalized spacial score (nSPS) is 19.6. The Hall–Kier alpha value is -1.51. The Morgan fingerprint density at radius 3 is 2.73 bits per heavy atom. The minimum atomic E-state index is 0.0111. The van der Waals surface area contributed by atoms with Gasteiger partial charge in [-0.25, -0.2) is 4.79 Å². The highest BCUT2D eigenvalue weighted by Gasteiger charge is 2.25. The molecule has 1 atom stereocenters. The van der Waals surface area contributed by atoms with Crippen LogP contribution in [0.4, 0.5) is 4.79 Å². The molecule has 0 fully saturated rings. The monoisotopic (exact) mass is 204 g/mol. The van der Waals surface area contributed by atoms with Gasteiger partial charge in [0.1, 0.15) is 0 Å². The minimum Gasteiger partial charge on any atom is -0.341 e. The highest BCUT2D eigenvalue weighted by atomic mass is 16.2. The Morgan fingerprint density at radius 1 is 1.40 bits per heavy atom. The average molecular weight is 204 g/mol. The maximum atomic E-state index is 11.6. The fourth-order valence-electron chi connectivity index (χ4n) is 2.09. The number of nitrogens with one attached hydrogen (secondary N) is 1. The Kier molecular flexibility index (Phi) is 2.62. The van der Waals surface area contributed by atoms with Crippen molar-refractivity contribution in [2.75, 3.05) is 7.05 Å². The number of hydrogen-bond donors (Lipinski definition) is 1. The third kappa shape index (κ3) is 1.82. The summed E-state index contributed by atoms with van der Waals surface area (Å²) >= 11 is 0. The summed E-state index contributed by atoms with van der Waals surface area (Å²) in [6.07, 6.45) is 0.948. The van der Waals surface area contributed by atoms with E-state index in [-0.39, 0.29) is 12.1 Å². The lowest BCUT2D eigenvalue weighted by Crippen LogP contribution is -2.46. The van der Waals surface area contributed by atoms with Crippen LogP contribution in [0.25, 0.3) is 0 Å². The Morgan fingerprint density at radius 2 is 2.07 bits per heavy atom. The van der Waals surface area contributed by atoms with E-state index in [0.717, 1.165) is 13.0 Å². The summed E-state index contributed by atoms with van der Waals surface area (Å²) in [7, 11) is 1.68. The Balaban J connectivity index is 2.25. The van der Waals surface area contributed by atoms with Gasteiger partial charge in [-0.2, -0.15) is 0 Å². The molecule has 1 aromatic rings. The molecule has 1 N–H and O–H groups in total. The van der Waals surface area contributed by atoms with E-state index < -0.39 is 0 Å². The van der Waals surface area contributed by atoms with Crippen LogP contribution in [0.5, 0.6) is 0 Å². The molecule has 2 amide bonds. The van der Waals surface area contributed by atoms with E-state index in [2.05, 4.69) is 30.4 Å². The van der Waals surface area contributed by atoms with Gasteiger partial charge < -0.3 is 10.2 Å². The van der Waals surface area contributed by atoms with Crippen LogP contribution in [0.1, 0.15) is 18.1 Å². The third-order valence-corrected chi connectivity index (χ3v) is 2.98. The molecular weight excluding hydrogens is 188 g/mol. The van der Waals surface area contributed by atoms with Crippen LogP contribution in [-0.4, -0.2) is 24.0 Å². The molecule has 1 heterocycles. The first kappa shape index (κ1) is 10.0. The maximum absolute atomic E-state index is 11.6. The van der Waals surface area contributed by atoms with Gasteiger partial charge in [-0.15, -0.1) is 0 Å². The maximum Gasteiger partial charge on any atom is 0.317 e. The van der Waals surface area contributed by atoms with Gasteiger partial charge in [0.25, 0.3) is 0 Å². The van der Waals surface area contributed by atoms with Crippen molar-refractivity contribution in [1.29, 1.82) is 0 Å². The smallest absolute Gasteiger partial charge is 0.317 e. The van der Waals surface area contributed by atoms with E-state index in [4.69, 9.17) is 0 Å². The Bertz CT molecular complexity index is 376. The van der Waals surface area contributed by atoms with Crippen molar-refractivity contribution >= 4 is 6.03 Å². The molecule has 1 aliphatic heterocycles. The van der Waals surface area contributed by atoms with Gasteiger partial charge in [0.05, 0.1) is 0 Å². The first-order chi connectivity index (χ1) is 7.22. The molecule has 0 saturated carbocycles. The van der Waals surface area contributed by atoms with Crippen LogP contribution in [0, 0.1) is 0 Å². The van der Waals surface area contributed by atoms with Gasteiger partial charge in [-0.05, 0) is 24.5 Å². The lowest BCUT2D eigenvalue weighted by atomic mass is 9.95. The second-order valence-electron chi connectivity index (χ2n) is 4.00. The van der Waals surface area contributed by atoms with Gasteiger partial charge in [0.15, 0.2) is 0 Å². The predicted octanol–water partition coefficient (Wildman–Crippen LogP) is 1.77. The van der Waals surface area contributed by atoms with Gasteiger partial charge >= 0.3 is 6.03 Å². The molecule has 1 aliphatic rings. The number of rotatable bonds is 0. The first-order valence-electron chi connectivity index (χ1n) is 5.27. The van der Waals surface area contributed by atoms with Crippen LogP contribution in [0.15, 0.2) is 24.3 Å². The molecule has 80 valence electrons. The molecule has 0 bridgehead atoms. The number of carbonyl (C=O) groups is 1. The molecule has 3 nitrogen and oxygen atoms in total. The van der Waals surface area contributed by atoms with E-state index in [1.165, 1.54) is 11.1 Å². The quantitative estimate of drug-likeness (QED) is 0.686. The fraction of sp³-hybridized carbons (Fsp3) is 0.417. The van der Waals surface area contributed by atoms with E-state index in [1.54, 1.807) is 7.05 Å². The average Bonchev–Trinajstić information content (AvgIpc) is 2.27. The molecular formula is C12H16N2O. The highest BCUT2D eigenvalue weighted by molar-refractivity contribution is 5.74. The van der Waals surface area contributed by atoms with E-state index in [0.29, 0.717) is 0 Å². The standard InChI is InChI=1S/C12H16N2O/c1-9-7-10-5-3-4-6-11(10)8-14(9)12(15)13-2/h3-6,9H,7-8H2,1-2H3,(H,13,15). The van der Waals surface area contributed by atoms with Crippen molar-refractivity contribution in [3.8, 4) is 0 Å². The number of amides is 2. The molecule has 1 aromatic carbocycles. The van der Waals surface area contributed by atoms with Crippen molar-refractivity contribution in [3.63, 3.8) is 0 Å². The lowest BCUT2D eigenvalue weighted by molar-refractivity contribution is 0.171. The zero-order chi connectivity index (χ0) is 10.8. The summed E-state index contributed by atoms with van der Waals surface area (Å²) in [5, 5.41) is 2.68. The predicted molar refractivity (Wildman–Crippen MR) is 59.6 cm³/mol. The largest absolute Gasteiger partial charge is 0.341 e. The summed E-state index contributed by atoms with van der Waals surface area (Å²) in [5.74, 6) is 0. The molecule has 1 unspecified atom stereocenters. The summed E-state index contributed by atoms with van der Waals surface area (Å²) in [6.45, 7) is 2.81. The molecule has 0 saturated heterocycles. The van der Waals surface area contributed by atoms with Crippen LogP contribution in [0.2, 0.25) is 0 Å². The number of fused-ring (bicyclic) bond motifs is 1. The van der Waals surface area contributed by atoms with Crippen LogP contribution < -0.4 is 5.32 Å². The third-order valence-electron chi connectivity index (χ3n) is 2.98. The van der Waals surface area contributed by atoms with Gasteiger partial charge in [-0.3, -0.25) is 0 Å². The minimum absolute atomic E-state index is 0.0111. The van der Waals surface area contributed by atoms with Crippen molar-refractivity contribution in [2.24, 2.45) is 0 Å². The van der Waals surface area contributed by atoms with Crippen molar-refractivity contribution in [2.45, 2.75) is 25.9 Å². The second-order valence-corrected chi connectivity index (χ2v) is 4.00. The molecule has 3 heteroatoms. The summed E-state index contributed by atoms with van der Waals surface area (Å²) in [6, 6.07) is 8.61. The van der Waals surface area contributed by atoms with Crippen molar-refractivity contribution in [3.05, 3.63) is 35.4 Å². The molecule has 2 rings (SSSR count). The van der Waals surface area contributed by atoms with E-state index in [1.807, 2.05) is 11.0 Å². The van der Waals surface area contributed by atoms with E-state index in [9.17, 15) is 4.79 Å². The highest BCUT2D eigenvalue weighted by Crippen LogP contribution is 2.22. The number of carbonyl (C=O) groups excluding carboxylic acids is 1. The summed E-state index contributed by atoms with van der Waals surface area (Å²) in [4.78, 5) is 13.5. The van der Waals surface area contributed by atoms with E-state index >= 15 is 0 Å². The van der Waals surface area contributed by atoms with Gasteiger partial charge in [0, 0.05) is 19.6 Å². The van der Waals surface area contributed by atoms with Crippen molar-refractivity contribution < 1.29 is 4.79 Å². The zero-order valence-corrected chi connectivity index (χ0v) is 9.16. The van der Waals surface area contributed by atoms with Crippen LogP contribution in [-0.2, 0) is 13.0 Å². The molecule has 0 radical (unpaired) electrons. The lowest BCUT2D eigenvalue weighted by Gasteiger charge is -2.34. The Labute approximate surface area is 90.1 Å². The first-order valence-corrected chi connectivity index (χ1v) is 5.27. The number of hydrogen-bond acceptors (Lipinski definition) is 1. The molecule has 0 aromatic heterocycles. The summed E-state index contributed by atoms with van der Waals surface area (Å²) in [5.41, 5.74) is 2.63. The zero-order valence-electron chi connectivity index (χ0n) is 9.16.